The number of anilines is 2. The second kappa shape index (κ2) is 11.7. The molecule has 0 radical (unpaired) electrons. The molecule has 0 aromatic carbocycles. The number of rotatable bonds is 10. The van der Waals surface area contributed by atoms with Gasteiger partial charge in [0.1, 0.15) is 36.5 Å². The first-order chi connectivity index (χ1) is 20.4. The van der Waals surface area contributed by atoms with Crippen LogP contribution >= 0.6 is 38.1 Å². The summed E-state index contributed by atoms with van der Waals surface area (Å²) in [7, 11) is 0. The largest absolute Gasteiger partial charge is 0.386 e. The first kappa shape index (κ1) is 30.4. The predicted molar refractivity (Wildman–Crippen MR) is 156 cm³/mol. The molecule has 2 unspecified atom stereocenters. The first-order valence-electron chi connectivity index (χ1n) is 12.7. The molecule has 19 nitrogen and oxygen atoms in total. The molecule has 4 aromatic heterocycles. The van der Waals surface area contributed by atoms with Gasteiger partial charge in [0, 0.05) is 6.42 Å². The summed E-state index contributed by atoms with van der Waals surface area (Å²) in [5.74, 6) is 0.118. The Labute approximate surface area is 252 Å². The topological polar surface area (TPSA) is 260 Å². The van der Waals surface area contributed by atoms with Crippen molar-refractivity contribution in [1.29, 1.82) is 0 Å². The maximum absolute atomic E-state index is 13.3. The van der Waals surface area contributed by atoms with Gasteiger partial charge in [0.2, 0.25) is 5.95 Å². The third kappa shape index (κ3) is 6.60. The van der Waals surface area contributed by atoms with Crippen molar-refractivity contribution in [2.75, 3.05) is 24.7 Å². The second-order valence-corrected chi connectivity index (χ2v) is 15.3. The van der Waals surface area contributed by atoms with Gasteiger partial charge in [0.05, 0.1) is 32.0 Å². The Bertz CT molecular complexity index is 1810. The monoisotopic (exact) mass is 676 g/mol. The highest BCUT2D eigenvalue weighted by atomic mass is 32.7. The summed E-state index contributed by atoms with van der Waals surface area (Å²) in [5.41, 5.74) is 12.2. The molecule has 2 fully saturated rings. The Balaban J connectivity index is 1.11. The molecule has 2 aliphatic heterocycles. The van der Waals surface area contributed by atoms with E-state index in [2.05, 4.69) is 54.4 Å². The standard InChI is InChI=1S/C20H26N10O9P2S2/c21-16-14-17(24-6-23-16)30(7-25-14)13-3-10(11(38-13)5-35-40(32,33)42)39-41(34,43)36-4-9-1-2-12(37-9)29-8-26-15-18(29)27-20(22)28-19(15)31/h6-13H,1-5H2,(H,34,43)(H2,21,23,24)(H2,32,33,42)(H3,22,27,28,31)/t9-,10+,11+,12+,13+,41?/m0/s1. The van der Waals surface area contributed by atoms with Crippen LogP contribution in [0.5, 0.6) is 0 Å². The van der Waals surface area contributed by atoms with Gasteiger partial charge < -0.3 is 25.8 Å². The van der Waals surface area contributed by atoms with Crippen molar-refractivity contribution in [3.8, 4) is 0 Å². The van der Waals surface area contributed by atoms with E-state index < -0.39 is 56.5 Å². The van der Waals surface area contributed by atoms with E-state index in [1.54, 1.807) is 9.13 Å². The molecule has 6 N–H and O–H groups in total. The van der Waals surface area contributed by atoms with Gasteiger partial charge in [-0.05, 0) is 12.8 Å². The number of aromatic amines is 1. The van der Waals surface area contributed by atoms with Crippen LogP contribution in [-0.4, -0.2) is 75.5 Å². The summed E-state index contributed by atoms with van der Waals surface area (Å²) in [6, 6.07) is 0. The average Bonchev–Trinajstić information content (AvgIpc) is 3.71. The molecule has 6 rings (SSSR count). The van der Waals surface area contributed by atoms with Crippen molar-refractivity contribution in [1.82, 2.24) is 39.0 Å². The Morgan fingerprint density at radius 2 is 1.74 bits per heavy atom. The van der Waals surface area contributed by atoms with Crippen LogP contribution in [0, 0.1) is 0 Å². The van der Waals surface area contributed by atoms with E-state index in [0.29, 0.717) is 24.0 Å². The molecule has 0 bridgehead atoms. The van der Waals surface area contributed by atoms with Crippen LogP contribution in [-0.2, 0) is 32.2 Å². The van der Waals surface area contributed by atoms with Gasteiger partial charge in [0.15, 0.2) is 22.6 Å². The number of hydrogen-bond donors (Lipinski definition) is 6. The lowest BCUT2D eigenvalue weighted by atomic mass is 10.2. The third-order valence-electron chi connectivity index (χ3n) is 6.82. The van der Waals surface area contributed by atoms with Gasteiger partial charge in [-0.1, -0.05) is 24.5 Å². The third-order valence-corrected chi connectivity index (χ3v) is 9.30. The molecule has 23 heteroatoms. The Morgan fingerprint density at radius 3 is 2.51 bits per heavy atom. The summed E-state index contributed by atoms with van der Waals surface area (Å²) >= 11 is 7.67. The molecular weight excluding hydrogens is 650 g/mol. The maximum atomic E-state index is 13.3. The number of nitrogens with two attached hydrogens (primary N) is 2. The SMILES string of the molecule is Nc1nc2c(ncn2[C@H]2CC[C@@H](COP(=O)(S)O[C@@H]3C[C@H](n4cnc5c(N)ncnc54)O[C@@H]3COP(=O)(O)S)O2)c(=O)[nH]1. The zero-order valence-electron chi connectivity index (χ0n) is 21.9. The zero-order chi connectivity index (χ0) is 30.5. The van der Waals surface area contributed by atoms with E-state index in [0.717, 1.165) is 0 Å². The van der Waals surface area contributed by atoms with Gasteiger partial charge in [-0.2, -0.15) is 4.98 Å². The maximum Gasteiger partial charge on any atom is 0.386 e. The Hall–Kier alpha value is -2.58. The molecule has 232 valence electrons. The van der Waals surface area contributed by atoms with E-state index in [-0.39, 0.29) is 36.0 Å². The lowest BCUT2D eigenvalue weighted by Crippen LogP contribution is -2.28. The number of imidazole rings is 2. The predicted octanol–water partition coefficient (Wildman–Crippen LogP) is 1.58. The molecular formula is C20H26N10O9P2S2. The Morgan fingerprint density at radius 1 is 1.00 bits per heavy atom. The number of hydrogen-bond acceptors (Lipinski definition) is 15. The smallest absolute Gasteiger partial charge is 0.382 e. The highest BCUT2D eigenvalue weighted by Gasteiger charge is 2.43. The number of nitrogens with zero attached hydrogens (tertiary/aromatic N) is 7. The quantitative estimate of drug-likeness (QED) is 0.103. The van der Waals surface area contributed by atoms with Crippen LogP contribution in [0.25, 0.3) is 22.3 Å². The number of H-pyrrole nitrogens is 1. The highest BCUT2D eigenvalue weighted by molar-refractivity contribution is 8.44. The van der Waals surface area contributed by atoms with Gasteiger partial charge in [0.25, 0.3) is 5.56 Å². The number of aromatic nitrogens is 8. The van der Waals surface area contributed by atoms with Crippen LogP contribution in [0.3, 0.4) is 0 Å². The van der Waals surface area contributed by atoms with Crippen LogP contribution in [0.15, 0.2) is 23.8 Å². The van der Waals surface area contributed by atoms with Gasteiger partial charge >= 0.3 is 13.6 Å². The van der Waals surface area contributed by atoms with Gasteiger partial charge in [-0.3, -0.25) is 32.5 Å². The summed E-state index contributed by atoms with van der Waals surface area (Å²) in [6.07, 6.45) is 1.63. The molecule has 2 aliphatic rings. The molecule has 6 heterocycles. The second-order valence-electron chi connectivity index (χ2n) is 9.71. The van der Waals surface area contributed by atoms with Crippen molar-refractivity contribution in [3.05, 3.63) is 29.3 Å². The number of nitrogens with one attached hydrogen (secondary N) is 1. The molecule has 0 amide bonds. The normalized spacial score (nSPS) is 27.1. The fourth-order valence-electron chi connectivity index (χ4n) is 4.93. The summed E-state index contributed by atoms with van der Waals surface area (Å²) in [5, 5.41) is 0. The number of ether oxygens (including phenoxy) is 2. The van der Waals surface area contributed by atoms with Crippen LogP contribution in [0.4, 0.5) is 11.8 Å². The average molecular weight is 677 g/mol. The molecule has 0 aliphatic carbocycles. The van der Waals surface area contributed by atoms with E-state index in [9.17, 15) is 18.8 Å². The minimum absolute atomic E-state index is 0.0538. The summed E-state index contributed by atoms with van der Waals surface area (Å²) in [4.78, 5) is 44.6. The molecule has 43 heavy (non-hydrogen) atoms. The van der Waals surface area contributed by atoms with Crippen LogP contribution < -0.4 is 17.0 Å². The molecule has 2 saturated heterocycles. The molecule has 7 atom stereocenters. The number of nitrogen functional groups attached to an aromatic ring is 2. The van der Waals surface area contributed by atoms with E-state index in [1.807, 2.05) is 0 Å². The summed E-state index contributed by atoms with van der Waals surface area (Å²) < 4.78 is 56.4. The van der Waals surface area contributed by atoms with Crippen LogP contribution in [0.2, 0.25) is 0 Å². The highest BCUT2D eigenvalue weighted by Crippen LogP contribution is 2.57. The van der Waals surface area contributed by atoms with Crippen LogP contribution in [0.1, 0.15) is 31.7 Å². The van der Waals surface area contributed by atoms with Crippen molar-refractivity contribution in [2.45, 2.75) is 50.0 Å². The summed E-state index contributed by atoms with van der Waals surface area (Å²) in [6.45, 7) is -8.74. The zero-order valence-corrected chi connectivity index (χ0v) is 25.5. The van der Waals surface area contributed by atoms with E-state index >= 15 is 0 Å². The first-order valence-corrected chi connectivity index (χ1v) is 18.1. The van der Waals surface area contributed by atoms with Gasteiger partial charge in [-0.25, -0.2) is 29.1 Å². The fourth-order valence-corrected chi connectivity index (χ4v) is 7.01. The van der Waals surface area contributed by atoms with Gasteiger partial charge in [-0.15, -0.1) is 0 Å². The van der Waals surface area contributed by atoms with Crippen molar-refractivity contribution < 1.29 is 37.1 Å². The van der Waals surface area contributed by atoms with Crippen molar-refractivity contribution in [2.24, 2.45) is 0 Å². The minimum atomic E-state index is -4.17. The molecule has 0 spiro atoms. The van der Waals surface area contributed by atoms with E-state index in [4.69, 9.17) is 34.5 Å². The lowest BCUT2D eigenvalue weighted by Gasteiger charge is -2.23. The Kier molecular flexibility index (Phi) is 8.31. The fraction of sp³-hybridized carbons (Fsp3) is 0.500. The van der Waals surface area contributed by atoms with E-state index in [1.165, 1.54) is 19.0 Å². The van der Waals surface area contributed by atoms with Crippen molar-refractivity contribution in [3.63, 3.8) is 0 Å². The molecule has 4 aromatic rings. The minimum Gasteiger partial charge on any atom is -0.382 e. The number of thiol groups is 2. The van der Waals surface area contributed by atoms with Crippen molar-refractivity contribution >= 4 is 72.2 Å². The number of fused-ring (bicyclic) bond motifs is 2. The molecule has 0 saturated carbocycles. The lowest BCUT2D eigenvalue weighted by molar-refractivity contribution is -0.0389.